The minimum Gasteiger partial charge on any atom is -0.497 e. The number of carbonyl (C=O) groups excluding carboxylic acids is 1. The first-order chi connectivity index (χ1) is 20.0. The molecule has 2 atom stereocenters. The molecule has 1 amide bonds. The molecule has 6 rings (SSSR count). The molecule has 210 valence electrons. The summed E-state index contributed by atoms with van der Waals surface area (Å²) < 4.78 is 22.6. The van der Waals surface area contributed by atoms with E-state index in [1.807, 2.05) is 54.7 Å². The predicted molar refractivity (Wildman–Crippen MR) is 157 cm³/mol. The molecule has 3 N–H and O–H groups in total. The fourth-order valence-corrected chi connectivity index (χ4v) is 5.47. The van der Waals surface area contributed by atoms with Crippen LogP contribution in [0, 0.1) is 0 Å². The summed E-state index contributed by atoms with van der Waals surface area (Å²) in [6.45, 7) is -0.199. The van der Waals surface area contributed by atoms with Crippen molar-refractivity contribution in [2.24, 2.45) is 4.99 Å². The van der Waals surface area contributed by atoms with Gasteiger partial charge in [0.05, 0.1) is 56.7 Å². The number of aliphatic hydroxyl groups excluding tert-OH is 1. The maximum atomic E-state index is 13.9. The molecule has 5 aromatic rings. The van der Waals surface area contributed by atoms with Crippen molar-refractivity contribution < 1.29 is 28.5 Å². The number of hydrogen-bond acceptors (Lipinski definition) is 7. The van der Waals surface area contributed by atoms with Crippen molar-refractivity contribution in [1.82, 2.24) is 10.3 Å². The normalized spacial score (nSPS) is 15.3. The summed E-state index contributed by atoms with van der Waals surface area (Å²) in [5, 5.41) is 15.2. The van der Waals surface area contributed by atoms with Crippen molar-refractivity contribution in [1.29, 1.82) is 0 Å². The van der Waals surface area contributed by atoms with Gasteiger partial charge in [-0.1, -0.05) is 18.2 Å². The second-order valence-corrected chi connectivity index (χ2v) is 10.0. The van der Waals surface area contributed by atoms with Crippen LogP contribution in [0.25, 0.3) is 21.9 Å². The number of nitrogens with one attached hydrogen (secondary N) is 2. The maximum Gasteiger partial charge on any atom is 0.228 e. The third-order valence-electron chi connectivity index (χ3n) is 7.60. The summed E-state index contributed by atoms with van der Waals surface area (Å²) in [7, 11) is 4.77. The van der Waals surface area contributed by atoms with Gasteiger partial charge < -0.3 is 34.0 Å². The zero-order valence-electron chi connectivity index (χ0n) is 23.1. The zero-order chi connectivity index (χ0) is 28.5. The third-order valence-corrected chi connectivity index (χ3v) is 7.60. The second kappa shape index (κ2) is 11.0. The monoisotopic (exact) mass is 553 g/mol. The van der Waals surface area contributed by atoms with Crippen LogP contribution in [0.1, 0.15) is 29.2 Å². The van der Waals surface area contributed by atoms with Crippen LogP contribution >= 0.6 is 0 Å². The number of furan rings is 1. The fraction of sp³-hybridized carbons (Fsp3) is 0.250. The largest absolute Gasteiger partial charge is 0.497 e. The molecule has 0 saturated heterocycles. The first-order valence-electron chi connectivity index (χ1n) is 13.4. The Hall–Kier alpha value is -4.76. The highest BCUT2D eigenvalue weighted by Crippen LogP contribution is 2.40. The Bertz CT molecular complexity index is 1770. The SMILES string of the molecule is COc1ccc2c(c1)C(C(=O)N[C@@H](CO)Cc1c[nH]c3ccccc13)CC(c1cc3c(OC)cc(OC)cc3o1)=N2. The number of methoxy groups -OCH3 is 3. The number of benzene rings is 3. The molecule has 2 aromatic heterocycles. The van der Waals surface area contributed by atoms with Gasteiger partial charge in [0.15, 0.2) is 0 Å². The molecule has 0 saturated carbocycles. The first-order valence-corrected chi connectivity index (χ1v) is 13.4. The van der Waals surface area contributed by atoms with Crippen LogP contribution in [0.5, 0.6) is 17.2 Å². The minimum atomic E-state index is -0.575. The van der Waals surface area contributed by atoms with Crippen molar-refractivity contribution in [3.63, 3.8) is 0 Å². The van der Waals surface area contributed by atoms with Gasteiger partial charge in [0.25, 0.3) is 0 Å². The van der Waals surface area contributed by atoms with E-state index in [0.717, 1.165) is 27.4 Å². The molecule has 3 heterocycles. The predicted octanol–water partition coefficient (Wildman–Crippen LogP) is 5.27. The molecule has 0 bridgehead atoms. The van der Waals surface area contributed by atoms with Crippen molar-refractivity contribution in [3.05, 3.63) is 83.7 Å². The number of aliphatic hydroxyl groups is 1. The van der Waals surface area contributed by atoms with Crippen LogP contribution in [0.3, 0.4) is 0 Å². The van der Waals surface area contributed by atoms with E-state index in [0.29, 0.717) is 52.8 Å². The molecule has 0 fully saturated rings. The van der Waals surface area contributed by atoms with Gasteiger partial charge in [0.1, 0.15) is 28.6 Å². The van der Waals surface area contributed by atoms with E-state index in [2.05, 4.69) is 10.3 Å². The van der Waals surface area contributed by atoms with Crippen molar-refractivity contribution in [3.8, 4) is 17.2 Å². The summed E-state index contributed by atoms with van der Waals surface area (Å²) in [5.41, 5.74) is 4.69. The molecule has 9 nitrogen and oxygen atoms in total. The highest BCUT2D eigenvalue weighted by atomic mass is 16.5. The van der Waals surface area contributed by atoms with Gasteiger partial charge in [-0.25, -0.2) is 4.99 Å². The van der Waals surface area contributed by atoms with Gasteiger partial charge in [-0.15, -0.1) is 0 Å². The average molecular weight is 554 g/mol. The number of hydrogen-bond donors (Lipinski definition) is 3. The van der Waals surface area contributed by atoms with Crippen LogP contribution in [0.2, 0.25) is 0 Å². The number of H-pyrrole nitrogens is 1. The Morgan fingerprint density at radius 1 is 1.05 bits per heavy atom. The quantitative estimate of drug-likeness (QED) is 0.229. The fourth-order valence-electron chi connectivity index (χ4n) is 5.47. The Labute approximate surface area is 236 Å². The Balaban J connectivity index is 1.32. The van der Waals surface area contributed by atoms with Crippen LogP contribution in [0.15, 0.2) is 76.3 Å². The first kappa shape index (κ1) is 26.5. The lowest BCUT2D eigenvalue weighted by Gasteiger charge is -2.26. The van der Waals surface area contributed by atoms with E-state index in [9.17, 15) is 9.90 Å². The van der Waals surface area contributed by atoms with E-state index in [1.54, 1.807) is 33.5 Å². The number of aromatic nitrogens is 1. The van der Waals surface area contributed by atoms with Crippen LogP contribution < -0.4 is 19.5 Å². The molecule has 1 aliphatic rings. The van der Waals surface area contributed by atoms with E-state index in [4.69, 9.17) is 23.6 Å². The lowest BCUT2D eigenvalue weighted by molar-refractivity contribution is -0.123. The topological polar surface area (TPSA) is 118 Å². The number of rotatable bonds is 9. The van der Waals surface area contributed by atoms with E-state index >= 15 is 0 Å². The highest BCUT2D eigenvalue weighted by Gasteiger charge is 2.32. The molecule has 1 unspecified atom stereocenters. The Morgan fingerprint density at radius 3 is 2.66 bits per heavy atom. The van der Waals surface area contributed by atoms with E-state index in [-0.39, 0.29) is 12.5 Å². The number of amides is 1. The Morgan fingerprint density at radius 2 is 1.88 bits per heavy atom. The lowest BCUT2D eigenvalue weighted by atomic mass is 9.87. The van der Waals surface area contributed by atoms with E-state index < -0.39 is 12.0 Å². The van der Waals surface area contributed by atoms with Crippen LogP contribution in [-0.2, 0) is 11.2 Å². The summed E-state index contributed by atoms with van der Waals surface area (Å²) in [6.07, 6.45) is 2.71. The number of para-hydroxylation sites is 1. The number of carbonyl (C=O) groups is 1. The highest BCUT2D eigenvalue weighted by molar-refractivity contribution is 6.08. The van der Waals surface area contributed by atoms with Gasteiger partial charge in [-0.2, -0.15) is 0 Å². The van der Waals surface area contributed by atoms with Gasteiger partial charge >= 0.3 is 0 Å². The molecular weight excluding hydrogens is 522 g/mol. The molecule has 0 aliphatic carbocycles. The maximum absolute atomic E-state index is 13.9. The standard InChI is InChI=1S/C32H31N3O6/c1-38-20-8-9-27-23(11-20)24(32(37)34-19(17-36)10-18-16-33-26-7-5-4-6-22(18)26)14-28(35-27)31-15-25-29(40-3)12-21(39-2)13-30(25)41-31/h4-9,11-13,15-16,19,24,33,36H,10,14,17H2,1-3H3,(H,34,37)/t19-,24?/m1/s1. The molecule has 0 spiro atoms. The van der Waals surface area contributed by atoms with Crippen molar-refractivity contribution in [2.45, 2.75) is 24.8 Å². The minimum absolute atomic E-state index is 0.199. The van der Waals surface area contributed by atoms with Crippen molar-refractivity contribution in [2.75, 3.05) is 27.9 Å². The summed E-state index contributed by atoms with van der Waals surface area (Å²) >= 11 is 0. The zero-order valence-corrected chi connectivity index (χ0v) is 23.1. The number of fused-ring (bicyclic) bond motifs is 3. The molecule has 3 aromatic carbocycles. The van der Waals surface area contributed by atoms with Gasteiger partial charge in [0.2, 0.25) is 5.91 Å². The van der Waals surface area contributed by atoms with Gasteiger partial charge in [0, 0.05) is 35.7 Å². The number of ether oxygens (including phenoxy) is 3. The molecule has 0 radical (unpaired) electrons. The summed E-state index contributed by atoms with van der Waals surface area (Å²) in [6, 6.07) is 18.5. The van der Waals surface area contributed by atoms with Crippen molar-refractivity contribution >= 4 is 39.2 Å². The van der Waals surface area contributed by atoms with Gasteiger partial charge in [-0.3, -0.25) is 4.79 Å². The summed E-state index contributed by atoms with van der Waals surface area (Å²) in [5.74, 6) is 1.63. The van der Waals surface area contributed by atoms with E-state index in [1.165, 1.54) is 0 Å². The van der Waals surface area contributed by atoms with Crippen LogP contribution in [0.4, 0.5) is 5.69 Å². The lowest BCUT2D eigenvalue weighted by Crippen LogP contribution is -2.42. The molecule has 1 aliphatic heterocycles. The van der Waals surface area contributed by atoms with Gasteiger partial charge in [-0.05, 0) is 47.9 Å². The molecule has 9 heteroatoms. The summed E-state index contributed by atoms with van der Waals surface area (Å²) in [4.78, 5) is 22.0. The van der Waals surface area contributed by atoms with Crippen LogP contribution in [-0.4, -0.2) is 55.7 Å². The number of aliphatic imine (C=N–C) groups is 1. The second-order valence-electron chi connectivity index (χ2n) is 10.0. The third kappa shape index (κ3) is 5.00. The molecular formula is C32H31N3O6. The average Bonchev–Trinajstić information content (AvgIpc) is 3.63. The number of nitrogens with zero attached hydrogens (tertiary/aromatic N) is 1. The molecule has 41 heavy (non-hydrogen) atoms. The Kier molecular flexibility index (Phi) is 7.11. The smallest absolute Gasteiger partial charge is 0.228 e. The number of aromatic amines is 1.